The zero-order chi connectivity index (χ0) is 12.4. The highest BCUT2D eigenvalue weighted by molar-refractivity contribution is 6.46. The maximum atomic E-state index is 5.83. The molecule has 0 heterocycles. The number of hydrogen-bond donors (Lipinski definition) is 0. The SMILES string of the molecule is C=C.CCC(C)[SiH](OC(C)C)OC(C)C. The van der Waals surface area contributed by atoms with Gasteiger partial charge in [-0.15, -0.1) is 13.2 Å². The Morgan fingerprint density at radius 3 is 1.47 bits per heavy atom. The van der Waals surface area contributed by atoms with Crippen molar-refractivity contribution < 1.29 is 8.85 Å². The summed E-state index contributed by atoms with van der Waals surface area (Å²) in [5.74, 6) is 0. The normalized spacial score (nSPS) is 12.9. The first-order valence-corrected chi connectivity index (χ1v) is 7.39. The van der Waals surface area contributed by atoms with Crippen LogP contribution in [0.1, 0.15) is 48.0 Å². The molecule has 0 aromatic rings. The molecular weight excluding hydrogens is 204 g/mol. The van der Waals surface area contributed by atoms with Crippen LogP contribution in [-0.2, 0) is 8.85 Å². The van der Waals surface area contributed by atoms with Gasteiger partial charge in [-0.25, -0.2) is 0 Å². The van der Waals surface area contributed by atoms with E-state index in [4.69, 9.17) is 8.85 Å². The second-order valence-electron chi connectivity index (χ2n) is 4.12. The van der Waals surface area contributed by atoms with Crippen molar-refractivity contribution in [1.29, 1.82) is 0 Å². The van der Waals surface area contributed by atoms with Crippen LogP contribution in [0.5, 0.6) is 0 Å². The molecule has 0 aromatic heterocycles. The van der Waals surface area contributed by atoms with E-state index in [1.165, 1.54) is 0 Å². The first-order valence-electron chi connectivity index (χ1n) is 5.78. The van der Waals surface area contributed by atoms with E-state index in [9.17, 15) is 0 Å². The van der Waals surface area contributed by atoms with Gasteiger partial charge in [0.2, 0.25) is 0 Å². The van der Waals surface area contributed by atoms with Crippen LogP contribution in [-0.4, -0.2) is 21.5 Å². The number of hydrogen-bond acceptors (Lipinski definition) is 2. The Kier molecular flexibility index (Phi) is 12.0. The first-order chi connectivity index (χ1) is 6.97. The van der Waals surface area contributed by atoms with Crippen LogP contribution >= 0.6 is 0 Å². The minimum atomic E-state index is -1.44. The first kappa shape index (κ1) is 17.3. The molecule has 2 nitrogen and oxygen atoms in total. The molecule has 92 valence electrons. The van der Waals surface area contributed by atoms with Crippen LogP contribution in [0.4, 0.5) is 0 Å². The van der Waals surface area contributed by atoms with Gasteiger partial charge in [0, 0.05) is 12.2 Å². The molecule has 0 aliphatic carbocycles. The molecule has 0 aliphatic rings. The van der Waals surface area contributed by atoms with Crippen LogP contribution in [0.2, 0.25) is 5.54 Å². The van der Waals surface area contributed by atoms with E-state index in [0.717, 1.165) is 6.42 Å². The largest absolute Gasteiger partial charge is 0.394 e. The van der Waals surface area contributed by atoms with Gasteiger partial charge in [-0.1, -0.05) is 20.3 Å². The van der Waals surface area contributed by atoms with Crippen molar-refractivity contribution >= 4 is 9.28 Å². The molecule has 0 amide bonds. The lowest BCUT2D eigenvalue weighted by atomic mass is 10.4. The van der Waals surface area contributed by atoms with Crippen molar-refractivity contribution in [3.63, 3.8) is 0 Å². The molecule has 0 aromatic carbocycles. The van der Waals surface area contributed by atoms with Crippen molar-refractivity contribution in [2.24, 2.45) is 0 Å². The molecule has 3 heteroatoms. The Hall–Kier alpha value is -0.123. The van der Waals surface area contributed by atoms with E-state index in [0.29, 0.717) is 17.7 Å². The topological polar surface area (TPSA) is 18.5 Å². The molecular formula is C12H28O2Si. The quantitative estimate of drug-likeness (QED) is 0.514. The monoisotopic (exact) mass is 232 g/mol. The van der Waals surface area contributed by atoms with Crippen LogP contribution in [0.25, 0.3) is 0 Å². The third kappa shape index (κ3) is 10.2. The Bertz CT molecular complexity index is 128. The Labute approximate surface area is 97.5 Å². The van der Waals surface area contributed by atoms with Crippen molar-refractivity contribution in [1.82, 2.24) is 0 Å². The molecule has 0 rings (SSSR count). The maximum Gasteiger partial charge on any atom is 0.324 e. The summed E-state index contributed by atoms with van der Waals surface area (Å²) in [6.07, 6.45) is 1.74. The molecule has 0 aliphatic heterocycles. The Morgan fingerprint density at radius 2 is 1.27 bits per heavy atom. The van der Waals surface area contributed by atoms with E-state index < -0.39 is 9.28 Å². The summed E-state index contributed by atoms with van der Waals surface area (Å²) in [6, 6.07) is 0. The minimum absolute atomic E-state index is 0.296. The van der Waals surface area contributed by atoms with Gasteiger partial charge in [-0.3, -0.25) is 0 Å². The van der Waals surface area contributed by atoms with Crippen molar-refractivity contribution in [2.75, 3.05) is 0 Å². The zero-order valence-corrected chi connectivity index (χ0v) is 12.4. The summed E-state index contributed by atoms with van der Waals surface area (Å²) < 4.78 is 11.7. The Morgan fingerprint density at radius 1 is 0.933 bits per heavy atom. The van der Waals surface area contributed by atoms with E-state index in [2.05, 4.69) is 54.7 Å². The van der Waals surface area contributed by atoms with E-state index >= 15 is 0 Å². The fourth-order valence-electron chi connectivity index (χ4n) is 1.03. The van der Waals surface area contributed by atoms with Crippen molar-refractivity contribution in [3.8, 4) is 0 Å². The lowest BCUT2D eigenvalue weighted by Gasteiger charge is -2.25. The fourth-order valence-corrected chi connectivity index (χ4v) is 3.09. The predicted molar refractivity (Wildman–Crippen MR) is 70.6 cm³/mol. The zero-order valence-electron chi connectivity index (χ0n) is 11.2. The van der Waals surface area contributed by atoms with Gasteiger partial charge >= 0.3 is 9.28 Å². The molecule has 0 N–H and O–H groups in total. The molecule has 0 bridgehead atoms. The lowest BCUT2D eigenvalue weighted by molar-refractivity contribution is 0.123. The second-order valence-corrected chi connectivity index (χ2v) is 6.54. The highest BCUT2D eigenvalue weighted by atomic mass is 28.3. The molecule has 1 atom stereocenters. The summed E-state index contributed by atoms with van der Waals surface area (Å²) in [7, 11) is -1.44. The van der Waals surface area contributed by atoms with Gasteiger partial charge in [0.25, 0.3) is 0 Å². The summed E-state index contributed by atoms with van der Waals surface area (Å²) in [5.41, 5.74) is 0.602. The fraction of sp³-hybridized carbons (Fsp3) is 0.833. The third-order valence-electron chi connectivity index (χ3n) is 1.92. The smallest absolute Gasteiger partial charge is 0.324 e. The summed E-state index contributed by atoms with van der Waals surface area (Å²) >= 11 is 0. The van der Waals surface area contributed by atoms with Gasteiger partial charge in [-0.05, 0) is 33.2 Å². The minimum Gasteiger partial charge on any atom is -0.394 e. The van der Waals surface area contributed by atoms with E-state index in [1.54, 1.807) is 0 Å². The van der Waals surface area contributed by atoms with Crippen LogP contribution in [0.3, 0.4) is 0 Å². The molecule has 1 unspecified atom stereocenters. The summed E-state index contributed by atoms with van der Waals surface area (Å²) in [5, 5.41) is 0. The van der Waals surface area contributed by atoms with Crippen molar-refractivity contribution in [2.45, 2.75) is 65.7 Å². The highest BCUT2D eigenvalue weighted by Gasteiger charge is 2.23. The van der Waals surface area contributed by atoms with Gasteiger partial charge in [0.05, 0.1) is 0 Å². The standard InChI is InChI=1S/C10H24O2Si.C2H4/c1-7-10(6)13(11-8(2)3)12-9(4)5;1-2/h8-10,13H,7H2,1-6H3;1-2H2. The molecule has 15 heavy (non-hydrogen) atoms. The predicted octanol–water partition coefficient (Wildman–Crippen LogP) is 3.66. The van der Waals surface area contributed by atoms with E-state index in [-0.39, 0.29) is 0 Å². The van der Waals surface area contributed by atoms with Crippen molar-refractivity contribution in [3.05, 3.63) is 13.2 Å². The van der Waals surface area contributed by atoms with Gasteiger partial charge in [0.15, 0.2) is 0 Å². The van der Waals surface area contributed by atoms with Gasteiger partial charge in [-0.2, -0.15) is 0 Å². The van der Waals surface area contributed by atoms with Crippen LogP contribution in [0, 0.1) is 0 Å². The van der Waals surface area contributed by atoms with Crippen LogP contribution in [0.15, 0.2) is 13.2 Å². The molecule has 0 spiro atoms. The molecule has 0 saturated carbocycles. The number of rotatable bonds is 6. The third-order valence-corrected chi connectivity index (χ3v) is 4.95. The maximum absolute atomic E-state index is 5.83. The van der Waals surface area contributed by atoms with Crippen LogP contribution < -0.4 is 0 Å². The summed E-state index contributed by atoms with van der Waals surface area (Å²) in [4.78, 5) is 0. The van der Waals surface area contributed by atoms with Gasteiger partial charge < -0.3 is 8.85 Å². The van der Waals surface area contributed by atoms with Gasteiger partial charge in [0.1, 0.15) is 0 Å². The molecule has 0 saturated heterocycles. The molecule has 0 fully saturated rings. The van der Waals surface area contributed by atoms with E-state index in [1.807, 2.05) is 0 Å². The highest BCUT2D eigenvalue weighted by Crippen LogP contribution is 2.18. The Balaban J connectivity index is 0. The lowest BCUT2D eigenvalue weighted by Crippen LogP contribution is -2.32. The summed E-state index contributed by atoms with van der Waals surface area (Å²) in [6.45, 7) is 18.7. The average Bonchev–Trinajstić information content (AvgIpc) is 2.17. The average molecular weight is 232 g/mol. The molecule has 0 radical (unpaired) electrons. The second kappa shape index (κ2) is 10.4.